The smallest absolute Gasteiger partial charge is 0.247 e. The van der Waals surface area contributed by atoms with Crippen LogP contribution in [0.3, 0.4) is 0 Å². The first-order valence-electron chi connectivity index (χ1n) is 8.31. The van der Waals surface area contributed by atoms with E-state index in [0.717, 1.165) is 19.3 Å². The first-order valence-corrected chi connectivity index (χ1v) is 8.31. The number of carbonyl (C=O) groups excluding carboxylic acids is 2. The maximum Gasteiger partial charge on any atom is 0.247 e. The molecule has 0 radical (unpaired) electrons. The molecule has 0 aromatic heterocycles. The predicted molar refractivity (Wildman–Crippen MR) is 90.6 cm³/mol. The van der Waals surface area contributed by atoms with Crippen LogP contribution in [0.15, 0.2) is 30.3 Å². The van der Waals surface area contributed by atoms with Crippen molar-refractivity contribution >= 4 is 17.5 Å². The molecule has 22 heavy (non-hydrogen) atoms. The van der Waals surface area contributed by atoms with Gasteiger partial charge in [-0.05, 0) is 18.6 Å². The zero-order chi connectivity index (χ0) is 16.2. The van der Waals surface area contributed by atoms with Crippen LogP contribution in [0.5, 0.6) is 0 Å². The second-order valence-electron chi connectivity index (χ2n) is 5.53. The minimum atomic E-state index is -0.348. The standard InChI is InChI=1S/C18H28N2O2/c1-2-3-4-5-6-7-11-14-17(21)20(18(22)15-19)16-12-9-8-10-13-16/h8-10,12-13H,2-7,11,14-15,19H2,1H3. The fraction of sp³-hybridized carbons (Fsp3) is 0.556. The number of amides is 2. The number of hydrogen-bond donors (Lipinski definition) is 1. The highest BCUT2D eigenvalue weighted by Crippen LogP contribution is 2.16. The molecule has 0 heterocycles. The van der Waals surface area contributed by atoms with Crippen LogP contribution >= 0.6 is 0 Å². The predicted octanol–water partition coefficient (Wildman–Crippen LogP) is 3.65. The van der Waals surface area contributed by atoms with Crippen molar-refractivity contribution in [2.24, 2.45) is 5.73 Å². The lowest BCUT2D eigenvalue weighted by molar-refractivity contribution is -0.125. The number of imide groups is 1. The van der Waals surface area contributed by atoms with Gasteiger partial charge in [-0.2, -0.15) is 0 Å². The van der Waals surface area contributed by atoms with Crippen LogP contribution in [0, 0.1) is 0 Å². The van der Waals surface area contributed by atoms with Crippen LogP contribution in [0.1, 0.15) is 58.3 Å². The summed E-state index contributed by atoms with van der Waals surface area (Å²) >= 11 is 0. The molecule has 122 valence electrons. The van der Waals surface area contributed by atoms with Crippen molar-refractivity contribution in [2.75, 3.05) is 11.4 Å². The zero-order valence-corrected chi connectivity index (χ0v) is 13.6. The second-order valence-corrected chi connectivity index (χ2v) is 5.53. The highest BCUT2D eigenvalue weighted by molar-refractivity contribution is 6.15. The van der Waals surface area contributed by atoms with E-state index in [1.165, 1.54) is 30.6 Å². The lowest BCUT2D eigenvalue weighted by Gasteiger charge is -2.20. The van der Waals surface area contributed by atoms with Gasteiger partial charge in [0.15, 0.2) is 0 Å². The van der Waals surface area contributed by atoms with Crippen LogP contribution in [0.4, 0.5) is 5.69 Å². The summed E-state index contributed by atoms with van der Waals surface area (Å²) in [5.74, 6) is -0.505. The number of benzene rings is 1. The molecular formula is C18H28N2O2. The van der Waals surface area contributed by atoms with Gasteiger partial charge >= 0.3 is 0 Å². The van der Waals surface area contributed by atoms with Gasteiger partial charge in [0.2, 0.25) is 11.8 Å². The zero-order valence-electron chi connectivity index (χ0n) is 13.6. The monoisotopic (exact) mass is 304 g/mol. The normalized spacial score (nSPS) is 10.5. The quantitative estimate of drug-likeness (QED) is 0.671. The van der Waals surface area contributed by atoms with E-state index < -0.39 is 0 Å². The van der Waals surface area contributed by atoms with Crippen LogP contribution in [-0.4, -0.2) is 18.4 Å². The van der Waals surface area contributed by atoms with Gasteiger partial charge in [0.05, 0.1) is 12.2 Å². The molecule has 0 spiro atoms. The fourth-order valence-corrected chi connectivity index (χ4v) is 2.44. The molecular weight excluding hydrogens is 276 g/mol. The molecule has 1 rings (SSSR count). The number of anilines is 1. The summed E-state index contributed by atoms with van der Waals surface area (Å²) in [6, 6.07) is 9.00. The van der Waals surface area contributed by atoms with E-state index in [-0.39, 0.29) is 18.4 Å². The molecule has 0 atom stereocenters. The Labute approximate surface area is 133 Å². The van der Waals surface area contributed by atoms with E-state index in [1.54, 1.807) is 12.1 Å². The van der Waals surface area contributed by atoms with E-state index in [4.69, 9.17) is 5.73 Å². The number of nitrogens with zero attached hydrogens (tertiary/aromatic N) is 1. The Balaban J connectivity index is 2.43. The van der Waals surface area contributed by atoms with Gasteiger partial charge in [-0.3, -0.25) is 9.59 Å². The molecule has 0 bridgehead atoms. The van der Waals surface area contributed by atoms with Gasteiger partial charge in [-0.15, -0.1) is 0 Å². The van der Waals surface area contributed by atoms with Crippen LogP contribution in [0.25, 0.3) is 0 Å². The van der Waals surface area contributed by atoms with E-state index in [0.29, 0.717) is 12.1 Å². The lowest BCUT2D eigenvalue weighted by atomic mass is 10.1. The Morgan fingerprint density at radius 1 is 0.909 bits per heavy atom. The average Bonchev–Trinajstić information content (AvgIpc) is 2.55. The van der Waals surface area contributed by atoms with Crippen LogP contribution < -0.4 is 10.6 Å². The molecule has 0 unspecified atom stereocenters. The van der Waals surface area contributed by atoms with Gasteiger partial charge in [-0.25, -0.2) is 4.90 Å². The first kappa shape index (κ1) is 18.4. The van der Waals surface area contributed by atoms with Crippen molar-refractivity contribution in [1.82, 2.24) is 0 Å². The van der Waals surface area contributed by atoms with E-state index >= 15 is 0 Å². The number of rotatable bonds is 10. The highest BCUT2D eigenvalue weighted by atomic mass is 16.2. The molecule has 2 amide bonds. The summed E-state index contributed by atoms with van der Waals surface area (Å²) in [6.45, 7) is 2.04. The Morgan fingerprint density at radius 2 is 1.50 bits per heavy atom. The molecule has 0 fully saturated rings. The molecule has 0 saturated heterocycles. The third kappa shape index (κ3) is 6.39. The minimum Gasteiger partial charge on any atom is -0.322 e. The summed E-state index contributed by atoms with van der Waals surface area (Å²) in [4.78, 5) is 25.5. The average molecular weight is 304 g/mol. The van der Waals surface area contributed by atoms with Crippen molar-refractivity contribution < 1.29 is 9.59 Å². The SMILES string of the molecule is CCCCCCCCCC(=O)N(C(=O)CN)c1ccccc1. The maximum absolute atomic E-state index is 12.3. The topological polar surface area (TPSA) is 63.4 Å². The van der Waals surface area contributed by atoms with Crippen molar-refractivity contribution in [2.45, 2.75) is 58.3 Å². The number of nitrogens with two attached hydrogens (primary N) is 1. The number of hydrogen-bond acceptors (Lipinski definition) is 3. The van der Waals surface area contributed by atoms with Crippen molar-refractivity contribution in [3.05, 3.63) is 30.3 Å². The van der Waals surface area contributed by atoms with Crippen LogP contribution in [-0.2, 0) is 9.59 Å². The fourth-order valence-electron chi connectivity index (χ4n) is 2.44. The summed E-state index contributed by atoms with van der Waals surface area (Å²) in [5, 5.41) is 0. The van der Waals surface area contributed by atoms with Crippen molar-refractivity contribution in [3.63, 3.8) is 0 Å². The molecule has 2 N–H and O–H groups in total. The summed E-state index contributed by atoms with van der Waals surface area (Å²) in [7, 11) is 0. The van der Waals surface area contributed by atoms with E-state index in [2.05, 4.69) is 6.92 Å². The second kappa shape index (κ2) is 11.0. The van der Waals surface area contributed by atoms with Gasteiger partial charge in [0.25, 0.3) is 0 Å². The van der Waals surface area contributed by atoms with Gasteiger partial charge < -0.3 is 5.73 Å². The Bertz CT molecular complexity index is 446. The first-order chi connectivity index (χ1) is 10.7. The van der Waals surface area contributed by atoms with Gasteiger partial charge in [0.1, 0.15) is 0 Å². The maximum atomic E-state index is 12.3. The highest BCUT2D eigenvalue weighted by Gasteiger charge is 2.21. The molecule has 0 aliphatic carbocycles. The molecule has 4 nitrogen and oxygen atoms in total. The third-order valence-corrected chi connectivity index (χ3v) is 3.68. The third-order valence-electron chi connectivity index (χ3n) is 3.68. The number of carbonyl (C=O) groups is 2. The van der Waals surface area contributed by atoms with Crippen LogP contribution in [0.2, 0.25) is 0 Å². The molecule has 0 aliphatic heterocycles. The van der Waals surface area contributed by atoms with E-state index in [9.17, 15) is 9.59 Å². The Kier molecular flexibility index (Phi) is 9.15. The van der Waals surface area contributed by atoms with E-state index in [1.807, 2.05) is 18.2 Å². The van der Waals surface area contributed by atoms with Crippen molar-refractivity contribution in [3.8, 4) is 0 Å². The molecule has 0 aliphatic rings. The largest absolute Gasteiger partial charge is 0.322 e. The van der Waals surface area contributed by atoms with Crippen molar-refractivity contribution in [1.29, 1.82) is 0 Å². The minimum absolute atomic E-state index is 0.155. The summed E-state index contributed by atoms with van der Waals surface area (Å²) in [5.41, 5.74) is 6.03. The number of unbranched alkanes of at least 4 members (excludes halogenated alkanes) is 6. The summed E-state index contributed by atoms with van der Waals surface area (Å²) in [6.07, 6.45) is 8.44. The molecule has 1 aromatic carbocycles. The van der Waals surface area contributed by atoms with Gasteiger partial charge in [-0.1, -0.05) is 63.6 Å². The Hall–Kier alpha value is -1.68. The lowest BCUT2D eigenvalue weighted by Crippen LogP contribution is -2.40. The Morgan fingerprint density at radius 3 is 2.09 bits per heavy atom. The summed E-state index contributed by atoms with van der Waals surface area (Å²) < 4.78 is 0. The number of para-hydroxylation sites is 1. The van der Waals surface area contributed by atoms with Gasteiger partial charge in [0, 0.05) is 6.42 Å². The molecule has 0 saturated carbocycles. The molecule has 1 aromatic rings. The molecule has 4 heteroatoms.